The summed E-state index contributed by atoms with van der Waals surface area (Å²) in [5.74, 6) is -0.630. The van der Waals surface area contributed by atoms with Crippen LogP contribution in [0.5, 0.6) is 0 Å². The fourth-order valence-corrected chi connectivity index (χ4v) is 2.09. The Labute approximate surface area is 102 Å². The highest BCUT2D eigenvalue weighted by atomic mass is 32.1. The predicted molar refractivity (Wildman–Crippen MR) is 65.8 cm³/mol. The second kappa shape index (κ2) is 5.05. The number of aryl methyl sites for hydroxylation is 1. The molecule has 1 aromatic heterocycles. The molecule has 17 heavy (non-hydrogen) atoms. The van der Waals surface area contributed by atoms with E-state index < -0.39 is 0 Å². The molecule has 3 nitrogen and oxygen atoms in total. The van der Waals surface area contributed by atoms with E-state index in [-0.39, 0.29) is 11.7 Å². The van der Waals surface area contributed by atoms with Crippen molar-refractivity contribution in [1.82, 2.24) is 4.98 Å². The van der Waals surface area contributed by atoms with Crippen molar-refractivity contribution in [1.29, 1.82) is 0 Å². The van der Waals surface area contributed by atoms with Gasteiger partial charge in [-0.1, -0.05) is 13.0 Å². The van der Waals surface area contributed by atoms with Crippen LogP contribution in [0.4, 0.5) is 10.1 Å². The number of hydrogen-bond acceptors (Lipinski definition) is 3. The third-order valence-electron chi connectivity index (χ3n) is 2.16. The van der Waals surface area contributed by atoms with Gasteiger partial charge in [-0.05, 0) is 24.6 Å². The van der Waals surface area contributed by atoms with Crippen LogP contribution < -0.4 is 5.32 Å². The van der Waals surface area contributed by atoms with Gasteiger partial charge in [0.25, 0.3) is 5.91 Å². The molecule has 0 spiro atoms. The van der Waals surface area contributed by atoms with Crippen LogP contribution >= 0.6 is 11.3 Å². The monoisotopic (exact) mass is 250 g/mol. The van der Waals surface area contributed by atoms with Crippen LogP contribution in [-0.2, 0) is 6.42 Å². The maximum atomic E-state index is 12.9. The summed E-state index contributed by atoms with van der Waals surface area (Å²) in [6.45, 7) is 1.98. The van der Waals surface area contributed by atoms with Crippen molar-refractivity contribution in [3.63, 3.8) is 0 Å². The molecule has 2 rings (SSSR count). The summed E-state index contributed by atoms with van der Waals surface area (Å²) >= 11 is 1.35. The average molecular weight is 250 g/mol. The van der Waals surface area contributed by atoms with Crippen LogP contribution in [0.3, 0.4) is 0 Å². The summed E-state index contributed by atoms with van der Waals surface area (Å²) in [4.78, 5) is 16.4. The van der Waals surface area contributed by atoms with E-state index >= 15 is 0 Å². The molecule has 0 bridgehead atoms. The van der Waals surface area contributed by atoms with Crippen LogP contribution in [0.15, 0.2) is 30.5 Å². The number of halogens is 1. The minimum absolute atomic E-state index is 0.257. The summed E-state index contributed by atoms with van der Waals surface area (Å²) in [5.41, 5.74) is 0.446. The summed E-state index contributed by atoms with van der Waals surface area (Å²) in [6, 6.07) is 5.80. The molecular formula is C12H11FN2OS. The van der Waals surface area contributed by atoms with E-state index in [0.29, 0.717) is 10.6 Å². The molecule has 0 saturated carbocycles. The molecule has 0 radical (unpaired) electrons. The third-order valence-corrected chi connectivity index (χ3v) is 3.30. The van der Waals surface area contributed by atoms with Crippen molar-refractivity contribution in [2.45, 2.75) is 13.3 Å². The van der Waals surface area contributed by atoms with E-state index in [1.807, 2.05) is 6.92 Å². The maximum absolute atomic E-state index is 12.9. The van der Waals surface area contributed by atoms with Crippen molar-refractivity contribution >= 4 is 22.9 Å². The number of carbonyl (C=O) groups is 1. The van der Waals surface area contributed by atoms with Gasteiger partial charge >= 0.3 is 0 Å². The lowest BCUT2D eigenvalue weighted by Crippen LogP contribution is -2.10. The number of anilines is 1. The molecule has 88 valence electrons. The standard InChI is InChI=1S/C12H11FN2OS/c1-2-11-14-7-10(17-11)12(16)15-9-5-3-4-8(13)6-9/h3-7H,2H2,1H3,(H,15,16). The van der Waals surface area contributed by atoms with Gasteiger partial charge in [0.2, 0.25) is 0 Å². The van der Waals surface area contributed by atoms with Gasteiger partial charge < -0.3 is 5.32 Å². The Morgan fingerprint density at radius 2 is 2.35 bits per heavy atom. The topological polar surface area (TPSA) is 42.0 Å². The summed E-state index contributed by atoms with van der Waals surface area (Å²) in [7, 11) is 0. The Bertz CT molecular complexity index is 539. The van der Waals surface area contributed by atoms with Crippen molar-refractivity contribution in [2.75, 3.05) is 5.32 Å². The van der Waals surface area contributed by atoms with Gasteiger partial charge in [-0.3, -0.25) is 4.79 Å². The van der Waals surface area contributed by atoms with E-state index in [2.05, 4.69) is 10.3 Å². The Hall–Kier alpha value is -1.75. The normalized spacial score (nSPS) is 10.2. The first-order valence-electron chi connectivity index (χ1n) is 5.20. The quantitative estimate of drug-likeness (QED) is 0.909. The van der Waals surface area contributed by atoms with Crippen molar-refractivity contribution < 1.29 is 9.18 Å². The number of hydrogen-bond donors (Lipinski definition) is 1. The maximum Gasteiger partial charge on any atom is 0.267 e. The molecule has 1 N–H and O–H groups in total. The van der Waals surface area contributed by atoms with Crippen molar-refractivity contribution in [3.05, 3.63) is 46.2 Å². The highest BCUT2D eigenvalue weighted by Gasteiger charge is 2.10. The minimum atomic E-state index is -0.374. The number of thiazole rings is 1. The first-order valence-corrected chi connectivity index (χ1v) is 6.02. The Morgan fingerprint density at radius 1 is 1.53 bits per heavy atom. The van der Waals surface area contributed by atoms with Gasteiger partial charge in [0.1, 0.15) is 10.7 Å². The van der Waals surface area contributed by atoms with Gasteiger partial charge in [-0.25, -0.2) is 9.37 Å². The average Bonchev–Trinajstić information content (AvgIpc) is 2.77. The number of aromatic nitrogens is 1. The van der Waals surface area contributed by atoms with Gasteiger partial charge in [-0.2, -0.15) is 0 Å². The van der Waals surface area contributed by atoms with Crippen molar-refractivity contribution in [3.8, 4) is 0 Å². The van der Waals surface area contributed by atoms with Crippen LogP contribution in [0.25, 0.3) is 0 Å². The number of nitrogens with one attached hydrogen (secondary N) is 1. The molecule has 5 heteroatoms. The molecule has 1 amide bonds. The largest absolute Gasteiger partial charge is 0.321 e. The van der Waals surface area contributed by atoms with Gasteiger partial charge in [0, 0.05) is 5.69 Å². The molecule has 0 fully saturated rings. The number of carbonyl (C=O) groups excluding carboxylic acids is 1. The Balaban J connectivity index is 2.11. The summed E-state index contributed by atoms with van der Waals surface area (Å²) in [5, 5.41) is 3.54. The van der Waals surface area contributed by atoms with E-state index in [4.69, 9.17) is 0 Å². The number of amides is 1. The zero-order valence-electron chi connectivity index (χ0n) is 9.24. The van der Waals surface area contributed by atoms with Crippen LogP contribution in [0.1, 0.15) is 21.6 Å². The molecule has 0 saturated heterocycles. The number of rotatable bonds is 3. The second-order valence-corrected chi connectivity index (χ2v) is 4.55. The van der Waals surface area contributed by atoms with Gasteiger partial charge in [0.15, 0.2) is 0 Å². The number of nitrogens with zero attached hydrogens (tertiary/aromatic N) is 1. The SMILES string of the molecule is CCc1ncc(C(=O)Nc2cccc(F)c2)s1. The first-order chi connectivity index (χ1) is 8.19. The van der Waals surface area contributed by atoms with E-state index in [1.165, 1.54) is 29.7 Å². The highest BCUT2D eigenvalue weighted by molar-refractivity contribution is 7.13. The van der Waals surface area contributed by atoms with E-state index in [0.717, 1.165) is 11.4 Å². The summed E-state index contributed by atoms with van der Waals surface area (Å²) < 4.78 is 12.9. The highest BCUT2D eigenvalue weighted by Crippen LogP contribution is 2.16. The molecule has 0 atom stereocenters. The van der Waals surface area contributed by atoms with Gasteiger partial charge in [0.05, 0.1) is 11.2 Å². The lowest BCUT2D eigenvalue weighted by Gasteiger charge is -2.02. The fourth-order valence-electron chi connectivity index (χ4n) is 1.34. The molecule has 0 aliphatic rings. The Kier molecular flexibility index (Phi) is 3.49. The molecular weight excluding hydrogens is 239 g/mol. The van der Waals surface area contributed by atoms with E-state index in [1.54, 1.807) is 12.1 Å². The summed E-state index contributed by atoms with van der Waals surface area (Å²) in [6.07, 6.45) is 2.34. The molecule has 1 aromatic carbocycles. The van der Waals surface area contributed by atoms with Crippen LogP contribution in [0, 0.1) is 5.82 Å². The zero-order valence-corrected chi connectivity index (χ0v) is 10.1. The molecule has 0 aliphatic heterocycles. The molecule has 1 heterocycles. The lowest BCUT2D eigenvalue weighted by molar-refractivity contribution is 0.103. The fraction of sp³-hybridized carbons (Fsp3) is 0.167. The Morgan fingerprint density at radius 3 is 3.00 bits per heavy atom. The predicted octanol–water partition coefficient (Wildman–Crippen LogP) is 3.10. The second-order valence-electron chi connectivity index (χ2n) is 3.44. The third kappa shape index (κ3) is 2.88. The molecule has 2 aromatic rings. The first kappa shape index (κ1) is 11.7. The number of benzene rings is 1. The van der Waals surface area contributed by atoms with E-state index in [9.17, 15) is 9.18 Å². The molecule has 0 aliphatic carbocycles. The zero-order chi connectivity index (χ0) is 12.3. The van der Waals surface area contributed by atoms with Gasteiger partial charge in [-0.15, -0.1) is 11.3 Å². The minimum Gasteiger partial charge on any atom is -0.321 e. The van der Waals surface area contributed by atoms with Crippen LogP contribution in [-0.4, -0.2) is 10.9 Å². The van der Waals surface area contributed by atoms with Crippen molar-refractivity contribution in [2.24, 2.45) is 0 Å². The van der Waals surface area contributed by atoms with Crippen LogP contribution in [0.2, 0.25) is 0 Å². The molecule has 0 unspecified atom stereocenters. The smallest absolute Gasteiger partial charge is 0.267 e. The lowest BCUT2D eigenvalue weighted by atomic mass is 10.3.